The van der Waals surface area contributed by atoms with E-state index in [1.165, 1.54) is 0 Å². The maximum absolute atomic E-state index is 12.5. The van der Waals surface area contributed by atoms with Crippen molar-refractivity contribution >= 4 is 17.9 Å². The van der Waals surface area contributed by atoms with Crippen LogP contribution >= 0.6 is 0 Å². The van der Waals surface area contributed by atoms with Crippen molar-refractivity contribution in [1.82, 2.24) is 16.0 Å². The number of nitrogens with one attached hydrogen (secondary N) is 3. The Morgan fingerprint density at radius 1 is 1.14 bits per heavy atom. The highest BCUT2D eigenvalue weighted by molar-refractivity contribution is 5.87. The molecule has 8 heteroatoms. The van der Waals surface area contributed by atoms with Crippen LogP contribution in [0.1, 0.15) is 31.2 Å². The fourth-order valence-electron chi connectivity index (χ4n) is 3.33. The summed E-state index contributed by atoms with van der Waals surface area (Å²) in [4.78, 5) is 35.9. The fraction of sp³-hybridized carbons (Fsp3) is 0.550. The number of carbonyl (C=O) groups excluding carboxylic acids is 2. The lowest BCUT2D eigenvalue weighted by Crippen LogP contribution is -2.53. The third kappa shape index (κ3) is 7.19. The van der Waals surface area contributed by atoms with Crippen LogP contribution in [0.15, 0.2) is 30.3 Å². The van der Waals surface area contributed by atoms with Crippen molar-refractivity contribution in [3.8, 4) is 0 Å². The lowest BCUT2D eigenvalue weighted by Gasteiger charge is -2.28. The Morgan fingerprint density at radius 2 is 1.82 bits per heavy atom. The van der Waals surface area contributed by atoms with Crippen molar-refractivity contribution in [2.24, 2.45) is 5.92 Å². The summed E-state index contributed by atoms with van der Waals surface area (Å²) < 4.78 is 4.94. The number of hydrogen-bond acceptors (Lipinski definition) is 4. The minimum atomic E-state index is -0.779. The van der Waals surface area contributed by atoms with E-state index in [4.69, 9.17) is 9.84 Å². The van der Waals surface area contributed by atoms with E-state index in [0.29, 0.717) is 45.3 Å². The Bertz CT molecular complexity index is 645. The molecule has 0 heterocycles. The summed E-state index contributed by atoms with van der Waals surface area (Å²) >= 11 is 0. The number of carbonyl (C=O) groups is 3. The molecule has 28 heavy (non-hydrogen) atoms. The normalized spacial score (nSPS) is 20.0. The van der Waals surface area contributed by atoms with E-state index in [1.807, 2.05) is 30.3 Å². The van der Waals surface area contributed by atoms with Gasteiger partial charge in [-0.25, -0.2) is 4.79 Å². The second-order valence-electron chi connectivity index (χ2n) is 7.03. The number of carboxylic acids is 1. The third-order valence-corrected chi connectivity index (χ3v) is 4.92. The molecule has 1 aromatic rings. The molecule has 0 radical (unpaired) electrons. The molecule has 0 aromatic heterocycles. The van der Waals surface area contributed by atoms with Crippen LogP contribution in [0.3, 0.4) is 0 Å². The van der Waals surface area contributed by atoms with Crippen LogP contribution in [0.4, 0.5) is 4.79 Å². The average molecular weight is 391 g/mol. The maximum atomic E-state index is 12.5. The summed E-state index contributed by atoms with van der Waals surface area (Å²) in [6, 6.07) is 8.27. The summed E-state index contributed by atoms with van der Waals surface area (Å²) in [6.45, 7) is 0.756. The van der Waals surface area contributed by atoms with Crippen molar-refractivity contribution in [2.75, 3.05) is 20.3 Å². The van der Waals surface area contributed by atoms with Gasteiger partial charge in [0.05, 0.1) is 12.5 Å². The predicted molar refractivity (Wildman–Crippen MR) is 104 cm³/mol. The highest BCUT2D eigenvalue weighted by Gasteiger charge is 2.28. The molecule has 0 bridgehead atoms. The molecule has 1 saturated carbocycles. The van der Waals surface area contributed by atoms with E-state index in [9.17, 15) is 14.4 Å². The smallest absolute Gasteiger partial charge is 0.315 e. The summed E-state index contributed by atoms with van der Waals surface area (Å²) in [7, 11) is 1.55. The van der Waals surface area contributed by atoms with Gasteiger partial charge < -0.3 is 25.8 Å². The SMILES string of the molecule is COCCNC(=O)[C@H](Cc1ccccc1)NC(=O)NC1CCC(C(=O)O)CC1. The van der Waals surface area contributed by atoms with Crippen molar-refractivity contribution in [3.63, 3.8) is 0 Å². The molecule has 4 N–H and O–H groups in total. The molecule has 0 unspecified atom stereocenters. The van der Waals surface area contributed by atoms with Gasteiger partial charge in [0.25, 0.3) is 0 Å². The van der Waals surface area contributed by atoms with Crippen LogP contribution in [-0.2, 0) is 20.7 Å². The second kappa shape index (κ2) is 11.3. The Balaban J connectivity index is 1.90. The molecule has 2 rings (SSSR count). The molecular weight excluding hydrogens is 362 g/mol. The largest absolute Gasteiger partial charge is 0.481 e. The van der Waals surface area contributed by atoms with E-state index in [-0.39, 0.29) is 17.9 Å². The van der Waals surface area contributed by atoms with Crippen LogP contribution in [-0.4, -0.2) is 55.4 Å². The van der Waals surface area contributed by atoms with Gasteiger partial charge >= 0.3 is 12.0 Å². The molecule has 1 fully saturated rings. The minimum absolute atomic E-state index is 0.0791. The fourth-order valence-corrected chi connectivity index (χ4v) is 3.33. The van der Waals surface area contributed by atoms with Crippen LogP contribution < -0.4 is 16.0 Å². The zero-order valence-corrected chi connectivity index (χ0v) is 16.1. The predicted octanol–water partition coefficient (Wildman–Crippen LogP) is 1.30. The third-order valence-electron chi connectivity index (χ3n) is 4.92. The first-order valence-electron chi connectivity index (χ1n) is 9.60. The highest BCUT2D eigenvalue weighted by Crippen LogP contribution is 2.24. The van der Waals surface area contributed by atoms with Gasteiger partial charge in [-0.05, 0) is 31.2 Å². The molecule has 1 aliphatic rings. The van der Waals surface area contributed by atoms with Gasteiger partial charge in [-0.3, -0.25) is 9.59 Å². The molecule has 0 aliphatic heterocycles. The van der Waals surface area contributed by atoms with E-state index in [1.54, 1.807) is 7.11 Å². The van der Waals surface area contributed by atoms with Crippen molar-refractivity contribution in [2.45, 2.75) is 44.2 Å². The maximum Gasteiger partial charge on any atom is 0.315 e. The van der Waals surface area contributed by atoms with Crippen molar-refractivity contribution in [1.29, 1.82) is 0 Å². The molecular formula is C20H29N3O5. The molecule has 154 valence electrons. The number of hydrogen-bond donors (Lipinski definition) is 4. The first-order valence-corrected chi connectivity index (χ1v) is 9.60. The zero-order valence-electron chi connectivity index (χ0n) is 16.1. The van der Waals surface area contributed by atoms with Crippen LogP contribution in [0.25, 0.3) is 0 Å². The van der Waals surface area contributed by atoms with Gasteiger partial charge in [0.2, 0.25) is 5.91 Å². The minimum Gasteiger partial charge on any atom is -0.481 e. The number of carboxylic acid groups (broad SMARTS) is 1. The summed E-state index contributed by atoms with van der Waals surface area (Å²) in [5.41, 5.74) is 0.941. The molecule has 1 aromatic carbocycles. The van der Waals surface area contributed by atoms with Crippen LogP contribution in [0.2, 0.25) is 0 Å². The van der Waals surface area contributed by atoms with Gasteiger partial charge in [0.1, 0.15) is 6.04 Å². The monoisotopic (exact) mass is 391 g/mol. The van der Waals surface area contributed by atoms with Crippen molar-refractivity contribution in [3.05, 3.63) is 35.9 Å². The number of benzene rings is 1. The van der Waals surface area contributed by atoms with E-state index < -0.39 is 18.0 Å². The number of rotatable bonds is 9. The Labute approximate surface area is 165 Å². The Kier molecular flexibility index (Phi) is 8.74. The van der Waals surface area contributed by atoms with Crippen molar-refractivity contribution < 1.29 is 24.2 Å². The number of urea groups is 1. The van der Waals surface area contributed by atoms with Gasteiger partial charge in [0, 0.05) is 26.1 Å². The van der Waals surface area contributed by atoms with E-state index in [2.05, 4.69) is 16.0 Å². The standard InChI is InChI=1S/C20H29N3O5/c1-28-12-11-21-18(24)17(13-14-5-3-2-4-6-14)23-20(27)22-16-9-7-15(8-10-16)19(25)26/h2-6,15-17H,7-13H2,1H3,(H,21,24)(H,25,26)(H2,22,23,27)/t15?,16?,17-/m0/s1. The number of methoxy groups -OCH3 is 1. The Hall–Kier alpha value is -2.61. The van der Waals surface area contributed by atoms with Crippen LogP contribution in [0.5, 0.6) is 0 Å². The topological polar surface area (TPSA) is 117 Å². The van der Waals surface area contributed by atoms with Gasteiger partial charge in [-0.1, -0.05) is 30.3 Å². The lowest BCUT2D eigenvalue weighted by molar-refractivity contribution is -0.142. The highest BCUT2D eigenvalue weighted by atomic mass is 16.5. The van der Waals surface area contributed by atoms with Crippen LogP contribution in [0, 0.1) is 5.92 Å². The Morgan fingerprint density at radius 3 is 2.43 bits per heavy atom. The van der Waals surface area contributed by atoms with E-state index in [0.717, 1.165) is 5.56 Å². The molecule has 0 saturated heterocycles. The quantitative estimate of drug-likeness (QED) is 0.474. The van der Waals surface area contributed by atoms with Gasteiger partial charge in [-0.15, -0.1) is 0 Å². The number of amides is 3. The molecule has 1 atom stereocenters. The molecule has 8 nitrogen and oxygen atoms in total. The average Bonchev–Trinajstić information content (AvgIpc) is 2.68. The van der Waals surface area contributed by atoms with E-state index >= 15 is 0 Å². The number of aliphatic carboxylic acids is 1. The summed E-state index contributed by atoms with van der Waals surface area (Å²) in [5, 5.41) is 17.4. The van der Waals surface area contributed by atoms with Gasteiger partial charge in [0.15, 0.2) is 0 Å². The zero-order chi connectivity index (χ0) is 20.4. The second-order valence-corrected chi connectivity index (χ2v) is 7.03. The van der Waals surface area contributed by atoms with Gasteiger partial charge in [-0.2, -0.15) is 0 Å². The molecule has 0 spiro atoms. The summed E-state index contributed by atoms with van der Waals surface area (Å²) in [6.07, 6.45) is 2.71. The first-order chi connectivity index (χ1) is 13.5. The molecule has 3 amide bonds. The lowest BCUT2D eigenvalue weighted by atomic mass is 9.86. The first kappa shape index (κ1) is 21.7. The summed E-state index contributed by atoms with van der Waals surface area (Å²) in [5.74, 6) is -1.39. The molecule has 1 aliphatic carbocycles. The number of ether oxygens (including phenoxy) is 1.